The third kappa shape index (κ3) is 3.82. The van der Waals surface area contributed by atoms with Crippen molar-refractivity contribution in [3.63, 3.8) is 0 Å². The van der Waals surface area contributed by atoms with Crippen molar-refractivity contribution in [3.8, 4) is 11.5 Å². The first-order chi connectivity index (χ1) is 19.8. The van der Waals surface area contributed by atoms with Gasteiger partial charge in [0.2, 0.25) is 29.0 Å². The van der Waals surface area contributed by atoms with Gasteiger partial charge in [-0.3, -0.25) is 19.2 Å². The van der Waals surface area contributed by atoms with Gasteiger partial charge in [0.25, 0.3) is 0 Å². The molecule has 2 amide bonds. The Morgan fingerprint density at radius 3 is 1.88 bits per heavy atom. The number of rotatable bonds is 4. The zero-order valence-electron chi connectivity index (χ0n) is 21.1. The van der Waals surface area contributed by atoms with Gasteiger partial charge < -0.3 is 9.47 Å². The van der Waals surface area contributed by atoms with Crippen molar-refractivity contribution in [1.29, 1.82) is 0 Å². The molecule has 9 heteroatoms. The number of ketones is 2. The average molecular weight is 629 g/mol. The van der Waals surface area contributed by atoms with E-state index in [2.05, 4.69) is 15.9 Å². The van der Waals surface area contributed by atoms with E-state index in [0.29, 0.717) is 27.8 Å². The maximum atomic E-state index is 14.1. The SMILES string of the molecule is O=C1[C@@H]2[C@@H](c3ccc(Cl)cc3)OC3(C(=O)c4ccccc4C3=O)[C@H]2C(=O)N1c1ccc(Oc2ccc(Br)cc2)cc1. The number of hydrogen-bond donors (Lipinski definition) is 0. The molecule has 41 heavy (non-hydrogen) atoms. The molecule has 202 valence electrons. The third-order valence-electron chi connectivity index (χ3n) is 7.86. The Labute approximate surface area is 247 Å². The summed E-state index contributed by atoms with van der Waals surface area (Å²) in [6.45, 7) is 0. The van der Waals surface area contributed by atoms with E-state index in [0.717, 1.165) is 9.37 Å². The summed E-state index contributed by atoms with van der Waals surface area (Å²) < 4.78 is 13.1. The first-order valence-corrected chi connectivity index (χ1v) is 14.0. The second-order valence-corrected chi connectivity index (χ2v) is 11.4. The summed E-state index contributed by atoms with van der Waals surface area (Å²) in [4.78, 5) is 56.9. The smallest absolute Gasteiger partial charge is 0.241 e. The van der Waals surface area contributed by atoms with E-state index in [1.54, 1.807) is 84.9 Å². The molecule has 2 aliphatic heterocycles. The molecule has 1 spiro atoms. The highest BCUT2D eigenvalue weighted by Crippen LogP contribution is 2.57. The summed E-state index contributed by atoms with van der Waals surface area (Å²) in [6.07, 6.45) is -1.01. The molecule has 7 nitrogen and oxygen atoms in total. The zero-order chi connectivity index (χ0) is 28.5. The van der Waals surface area contributed by atoms with Crippen LogP contribution in [-0.4, -0.2) is 29.0 Å². The minimum absolute atomic E-state index is 0.182. The molecular formula is C32H19BrClNO6. The fourth-order valence-corrected chi connectivity index (χ4v) is 6.42. The Balaban J connectivity index is 1.28. The molecule has 0 aromatic heterocycles. The lowest BCUT2D eigenvalue weighted by molar-refractivity contribution is -0.127. The molecule has 2 fully saturated rings. The van der Waals surface area contributed by atoms with Gasteiger partial charge in [0.15, 0.2) is 0 Å². The van der Waals surface area contributed by atoms with Crippen LogP contribution in [-0.2, 0) is 14.3 Å². The number of hydrogen-bond acceptors (Lipinski definition) is 6. The Morgan fingerprint density at radius 1 is 0.732 bits per heavy atom. The van der Waals surface area contributed by atoms with Gasteiger partial charge in [0.05, 0.1) is 23.6 Å². The lowest BCUT2D eigenvalue weighted by Gasteiger charge is -2.27. The molecule has 3 aliphatic rings. The molecule has 1 aliphatic carbocycles. The van der Waals surface area contributed by atoms with Crippen molar-refractivity contribution in [2.24, 2.45) is 11.8 Å². The van der Waals surface area contributed by atoms with Gasteiger partial charge in [-0.15, -0.1) is 0 Å². The largest absolute Gasteiger partial charge is 0.457 e. The van der Waals surface area contributed by atoms with E-state index >= 15 is 0 Å². The van der Waals surface area contributed by atoms with Crippen molar-refractivity contribution >= 4 is 56.6 Å². The summed E-state index contributed by atoms with van der Waals surface area (Å²) in [5.41, 5.74) is -0.926. The lowest BCUT2D eigenvalue weighted by Crippen LogP contribution is -2.51. The van der Waals surface area contributed by atoms with Gasteiger partial charge in [0, 0.05) is 20.6 Å². The fourth-order valence-electron chi connectivity index (χ4n) is 6.03. The summed E-state index contributed by atoms with van der Waals surface area (Å²) in [5, 5.41) is 0.472. The van der Waals surface area contributed by atoms with Gasteiger partial charge in [-0.1, -0.05) is 63.9 Å². The van der Waals surface area contributed by atoms with Crippen molar-refractivity contribution in [2.45, 2.75) is 11.7 Å². The van der Waals surface area contributed by atoms with E-state index in [1.165, 1.54) is 0 Å². The molecule has 3 atom stereocenters. The molecular weight excluding hydrogens is 610 g/mol. The number of halogens is 2. The number of nitrogens with zero attached hydrogens (tertiary/aromatic N) is 1. The number of amides is 2. The van der Waals surface area contributed by atoms with Crippen LogP contribution in [0.15, 0.2) is 102 Å². The predicted octanol–water partition coefficient (Wildman–Crippen LogP) is 6.59. The molecule has 4 aromatic carbocycles. The van der Waals surface area contributed by atoms with Crippen molar-refractivity contribution < 1.29 is 28.7 Å². The second-order valence-electron chi connectivity index (χ2n) is 10.1. The summed E-state index contributed by atoms with van der Waals surface area (Å²) >= 11 is 9.48. The summed E-state index contributed by atoms with van der Waals surface area (Å²) in [5.74, 6) is -3.72. The van der Waals surface area contributed by atoms with Gasteiger partial charge in [0.1, 0.15) is 11.5 Å². The number of imide groups is 1. The third-order valence-corrected chi connectivity index (χ3v) is 8.64. The Kier molecular flexibility index (Phi) is 5.97. The van der Waals surface area contributed by atoms with Crippen LogP contribution in [0.3, 0.4) is 0 Å². The van der Waals surface area contributed by atoms with Gasteiger partial charge in [-0.25, -0.2) is 4.90 Å². The number of benzene rings is 4. The van der Waals surface area contributed by atoms with E-state index in [9.17, 15) is 19.2 Å². The minimum Gasteiger partial charge on any atom is -0.457 e. The van der Waals surface area contributed by atoms with E-state index < -0.39 is 46.9 Å². The predicted molar refractivity (Wildman–Crippen MR) is 153 cm³/mol. The van der Waals surface area contributed by atoms with Gasteiger partial charge in [-0.2, -0.15) is 0 Å². The van der Waals surface area contributed by atoms with Crippen LogP contribution in [0.2, 0.25) is 5.02 Å². The van der Waals surface area contributed by atoms with Crippen molar-refractivity contribution in [3.05, 3.63) is 123 Å². The van der Waals surface area contributed by atoms with Crippen molar-refractivity contribution in [1.82, 2.24) is 0 Å². The van der Waals surface area contributed by atoms with Crippen LogP contribution in [0.25, 0.3) is 0 Å². The standard InChI is InChI=1S/C32H19BrClNO6/c33-18-7-13-21(14-8-18)40-22-15-11-20(12-16-22)35-30(38)25-26(31(35)39)32(41-27(25)17-5-9-19(34)10-6-17)28(36)23-3-1-2-4-24(23)29(32)37/h1-16,25-27H/t25-,26+,27+/m0/s1. The summed E-state index contributed by atoms with van der Waals surface area (Å²) in [6, 6.07) is 26.8. The molecule has 0 unspecified atom stereocenters. The zero-order valence-corrected chi connectivity index (χ0v) is 23.5. The van der Waals surface area contributed by atoms with Crippen LogP contribution in [0.4, 0.5) is 5.69 Å². The molecule has 0 N–H and O–H groups in total. The Morgan fingerprint density at radius 2 is 1.29 bits per heavy atom. The highest BCUT2D eigenvalue weighted by molar-refractivity contribution is 9.10. The fraction of sp³-hybridized carbons (Fsp3) is 0.125. The number of carbonyl (C=O) groups is 4. The second kappa shape index (κ2) is 9.48. The maximum Gasteiger partial charge on any atom is 0.241 e. The van der Waals surface area contributed by atoms with E-state index in [1.807, 2.05) is 12.1 Å². The topological polar surface area (TPSA) is 90.0 Å². The average Bonchev–Trinajstić information content (AvgIpc) is 3.55. The Bertz CT molecular complexity index is 1720. The molecule has 7 rings (SSSR count). The summed E-state index contributed by atoms with van der Waals surface area (Å²) in [7, 11) is 0. The highest BCUT2D eigenvalue weighted by Gasteiger charge is 2.74. The lowest BCUT2D eigenvalue weighted by atomic mass is 9.77. The molecule has 0 radical (unpaired) electrons. The van der Waals surface area contributed by atoms with Gasteiger partial charge in [-0.05, 0) is 66.2 Å². The van der Waals surface area contributed by atoms with Crippen LogP contribution >= 0.6 is 27.5 Å². The molecule has 4 aromatic rings. The minimum atomic E-state index is -2.13. The number of carbonyl (C=O) groups excluding carboxylic acids is 4. The van der Waals surface area contributed by atoms with E-state index in [4.69, 9.17) is 21.1 Å². The molecule has 0 saturated carbocycles. The number of fused-ring (bicyclic) bond motifs is 3. The van der Waals surface area contributed by atoms with Crippen LogP contribution < -0.4 is 9.64 Å². The maximum absolute atomic E-state index is 14.1. The first-order valence-electron chi connectivity index (χ1n) is 12.8. The van der Waals surface area contributed by atoms with Crippen LogP contribution in [0.5, 0.6) is 11.5 Å². The number of ether oxygens (including phenoxy) is 2. The normalized spacial score (nSPS) is 22.4. The molecule has 0 bridgehead atoms. The number of Topliss-reactive ketones (excluding diaryl/α,β-unsaturated/α-hetero) is 2. The van der Waals surface area contributed by atoms with Crippen molar-refractivity contribution in [2.75, 3.05) is 4.90 Å². The molecule has 2 saturated heterocycles. The Hall–Kier alpha value is -4.11. The highest BCUT2D eigenvalue weighted by atomic mass is 79.9. The quantitative estimate of drug-likeness (QED) is 0.187. The van der Waals surface area contributed by atoms with Crippen LogP contribution in [0, 0.1) is 11.8 Å². The van der Waals surface area contributed by atoms with Gasteiger partial charge >= 0.3 is 0 Å². The monoisotopic (exact) mass is 627 g/mol. The first kappa shape index (κ1) is 25.8. The number of anilines is 1. The van der Waals surface area contributed by atoms with E-state index in [-0.39, 0.29) is 11.1 Å². The molecule has 2 heterocycles. The van der Waals surface area contributed by atoms with Crippen LogP contribution in [0.1, 0.15) is 32.4 Å².